The van der Waals surface area contributed by atoms with Crippen molar-refractivity contribution < 1.29 is 4.79 Å². The Bertz CT molecular complexity index is 390. The van der Waals surface area contributed by atoms with Gasteiger partial charge in [-0.15, -0.1) is 11.8 Å². The molecule has 0 saturated carbocycles. The number of amides is 1. The minimum absolute atomic E-state index is 0.0114. The van der Waals surface area contributed by atoms with E-state index in [2.05, 4.69) is 29.7 Å². The lowest BCUT2D eigenvalue weighted by Gasteiger charge is -2.25. The first-order valence-corrected chi connectivity index (χ1v) is 7.90. The molecule has 0 aromatic heterocycles. The number of hydrogen-bond donors (Lipinski definition) is 2. The molecule has 0 bridgehead atoms. The fourth-order valence-electron chi connectivity index (χ4n) is 2.25. The van der Waals surface area contributed by atoms with Crippen LogP contribution in [0.2, 0.25) is 0 Å². The SMILES string of the molecule is CCC(Sc1ccccc1)C(=O)NC1CCNCC1. The van der Waals surface area contributed by atoms with Crippen molar-refractivity contribution >= 4 is 17.7 Å². The van der Waals surface area contributed by atoms with Gasteiger partial charge in [0.05, 0.1) is 5.25 Å². The van der Waals surface area contributed by atoms with Gasteiger partial charge in [-0.3, -0.25) is 4.79 Å². The number of rotatable bonds is 5. The van der Waals surface area contributed by atoms with Crippen LogP contribution in [0.1, 0.15) is 26.2 Å². The summed E-state index contributed by atoms with van der Waals surface area (Å²) in [5.74, 6) is 0.184. The standard InChI is InChI=1S/C15H22N2OS/c1-2-14(19-13-6-4-3-5-7-13)15(18)17-12-8-10-16-11-9-12/h3-7,12,14,16H,2,8-11H2,1H3,(H,17,18). The summed E-state index contributed by atoms with van der Waals surface area (Å²) >= 11 is 1.66. The van der Waals surface area contributed by atoms with Crippen LogP contribution >= 0.6 is 11.8 Å². The van der Waals surface area contributed by atoms with Crippen LogP contribution in [-0.4, -0.2) is 30.3 Å². The maximum Gasteiger partial charge on any atom is 0.233 e. The molecule has 0 spiro atoms. The lowest BCUT2D eigenvalue weighted by Crippen LogP contribution is -2.45. The molecule has 2 N–H and O–H groups in total. The summed E-state index contributed by atoms with van der Waals surface area (Å²) in [4.78, 5) is 13.5. The normalized spacial score (nSPS) is 17.9. The Hall–Kier alpha value is -1.00. The first-order valence-electron chi connectivity index (χ1n) is 7.02. The predicted octanol–water partition coefficient (Wildman–Crippen LogP) is 2.43. The number of benzene rings is 1. The van der Waals surface area contributed by atoms with Crippen molar-refractivity contribution in [1.29, 1.82) is 0 Å². The van der Waals surface area contributed by atoms with Crippen molar-refractivity contribution in [2.75, 3.05) is 13.1 Å². The third-order valence-corrected chi connectivity index (χ3v) is 4.75. The van der Waals surface area contributed by atoms with Crippen LogP contribution in [0.25, 0.3) is 0 Å². The van der Waals surface area contributed by atoms with Crippen molar-refractivity contribution in [2.45, 2.75) is 42.4 Å². The molecule has 3 nitrogen and oxygen atoms in total. The van der Waals surface area contributed by atoms with Gasteiger partial charge in [0.1, 0.15) is 0 Å². The Labute approximate surface area is 119 Å². The third kappa shape index (κ3) is 4.55. The molecule has 19 heavy (non-hydrogen) atoms. The minimum atomic E-state index is 0.0114. The van der Waals surface area contributed by atoms with Gasteiger partial charge in [0.25, 0.3) is 0 Å². The van der Waals surface area contributed by atoms with E-state index in [-0.39, 0.29) is 11.2 Å². The van der Waals surface area contributed by atoms with E-state index in [9.17, 15) is 4.79 Å². The molecule has 1 fully saturated rings. The zero-order chi connectivity index (χ0) is 13.5. The number of nitrogens with one attached hydrogen (secondary N) is 2. The van der Waals surface area contributed by atoms with Crippen molar-refractivity contribution in [2.24, 2.45) is 0 Å². The molecule has 2 rings (SSSR count). The molecular weight excluding hydrogens is 256 g/mol. The molecule has 1 aliphatic rings. The summed E-state index contributed by atoms with van der Waals surface area (Å²) in [6.45, 7) is 4.09. The molecule has 1 unspecified atom stereocenters. The second kappa shape index (κ2) is 7.56. The smallest absolute Gasteiger partial charge is 0.233 e. The molecule has 1 saturated heterocycles. The maximum atomic E-state index is 12.3. The average molecular weight is 278 g/mol. The zero-order valence-corrected chi connectivity index (χ0v) is 12.2. The van der Waals surface area contributed by atoms with E-state index in [0.717, 1.165) is 37.2 Å². The Morgan fingerprint density at radius 3 is 2.68 bits per heavy atom. The van der Waals surface area contributed by atoms with Crippen LogP contribution in [-0.2, 0) is 4.79 Å². The lowest BCUT2D eigenvalue weighted by atomic mass is 10.1. The molecule has 104 valence electrons. The Morgan fingerprint density at radius 2 is 2.05 bits per heavy atom. The number of carbonyl (C=O) groups is 1. The molecule has 1 heterocycles. The molecule has 0 radical (unpaired) electrons. The summed E-state index contributed by atoms with van der Waals surface area (Å²) in [5.41, 5.74) is 0. The minimum Gasteiger partial charge on any atom is -0.352 e. The fourth-order valence-corrected chi connectivity index (χ4v) is 3.23. The van der Waals surface area contributed by atoms with E-state index >= 15 is 0 Å². The monoisotopic (exact) mass is 278 g/mol. The Balaban J connectivity index is 1.87. The quantitative estimate of drug-likeness (QED) is 0.813. The van der Waals surface area contributed by atoms with Crippen molar-refractivity contribution in [3.63, 3.8) is 0 Å². The van der Waals surface area contributed by atoms with E-state index in [1.165, 1.54) is 0 Å². The van der Waals surface area contributed by atoms with Crippen LogP contribution in [0.5, 0.6) is 0 Å². The highest BCUT2D eigenvalue weighted by Gasteiger charge is 2.22. The van der Waals surface area contributed by atoms with Gasteiger partial charge in [-0.2, -0.15) is 0 Å². The van der Waals surface area contributed by atoms with Gasteiger partial charge in [0, 0.05) is 10.9 Å². The number of carbonyl (C=O) groups excluding carboxylic acids is 1. The number of piperidine rings is 1. The molecule has 1 aromatic rings. The largest absolute Gasteiger partial charge is 0.352 e. The van der Waals surface area contributed by atoms with Gasteiger partial charge in [0.2, 0.25) is 5.91 Å². The average Bonchev–Trinajstić information content (AvgIpc) is 2.47. The van der Waals surface area contributed by atoms with Gasteiger partial charge >= 0.3 is 0 Å². The number of hydrogen-bond acceptors (Lipinski definition) is 3. The topological polar surface area (TPSA) is 41.1 Å². The zero-order valence-electron chi connectivity index (χ0n) is 11.4. The van der Waals surface area contributed by atoms with Gasteiger partial charge < -0.3 is 10.6 Å². The highest BCUT2D eigenvalue weighted by Crippen LogP contribution is 2.25. The van der Waals surface area contributed by atoms with Crippen LogP contribution in [0.15, 0.2) is 35.2 Å². The third-order valence-electron chi connectivity index (χ3n) is 3.37. The first-order chi connectivity index (χ1) is 9.29. The summed E-state index contributed by atoms with van der Waals surface area (Å²) < 4.78 is 0. The molecule has 4 heteroatoms. The predicted molar refractivity (Wildman–Crippen MR) is 80.4 cm³/mol. The summed E-state index contributed by atoms with van der Waals surface area (Å²) in [6.07, 6.45) is 2.94. The summed E-state index contributed by atoms with van der Waals surface area (Å²) in [5, 5.41) is 6.52. The molecular formula is C15H22N2OS. The van der Waals surface area contributed by atoms with Crippen LogP contribution in [0, 0.1) is 0 Å². The molecule has 1 aliphatic heterocycles. The van der Waals surface area contributed by atoms with Crippen molar-refractivity contribution in [3.8, 4) is 0 Å². The van der Waals surface area contributed by atoms with Crippen molar-refractivity contribution in [3.05, 3.63) is 30.3 Å². The first kappa shape index (κ1) is 14.4. The number of thioether (sulfide) groups is 1. The highest BCUT2D eigenvalue weighted by molar-refractivity contribution is 8.00. The van der Waals surface area contributed by atoms with Crippen LogP contribution in [0.3, 0.4) is 0 Å². The molecule has 1 amide bonds. The molecule has 1 aromatic carbocycles. The van der Waals surface area contributed by atoms with Gasteiger partial charge in [-0.25, -0.2) is 0 Å². The van der Waals surface area contributed by atoms with Crippen LogP contribution < -0.4 is 10.6 Å². The summed E-state index contributed by atoms with van der Waals surface area (Å²) in [7, 11) is 0. The van der Waals surface area contributed by atoms with E-state index in [1.54, 1.807) is 11.8 Å². The molecule has 0 aliphatic carbocycles. The van der Waals surface area contributed by atoms with E-state index in [1.807, 2.05) is 18.2 Å². The summed E-state index contributed by atoms with van der Waals surface area (Å²) in [6, 6.07) is 10.5. The van der Waals surface area contributed by atoms with Gasteiger partial charge in [0.15, 0.2) is 0 Å². The highest BCUT2D eigenvalue weighted by atomic mass is 32.2. The molecule has 1 atom stereocenters. The Morgan fingerprint density at radius 1 is 1.37 bits per heavy atom. The maximum absolute atomic E-state index is 12.3. The van der Waals surface area contributed by atoms with Crippen molar-refractivity contribution in [1.82, 2.24) is 10.6 Å². The van der Waals surface area contributed by atoms with Gasteiger partial charge in [-0.1, -0.05) is 25.1 Å². The van der Waals surface area contributed by atoms with E-state index < -0.39 is 0 Å². The second-order valence-electron chi connectivity index (χ2n) is 4.86. The Kier molecular flexibility index (Phi) is 5.73. The van der Waals surface area contributed by atoms with E-state index in [0.29, 0.717) is 6.04 Å². The lowest BCUT2D eigenvalue weighted by molar-refractivity contribution is -0.121. The van der Waals surface area contributed by atoms with Crippen LogP contribution in [0.4, 0.5) is 0 Å². The second-order valence-corrected chi connectivity index (χ2v) is 6.14. The van der Waals surface area contributed by atoms with Gasteiger partial charge in [-0.05, 0) is 44.5 Å². The fraction of sp³-hybridized carbons (Fsp3) is 0.533. The van der Waals surface area contributed by atoms with E-state index in [4.69, 9.17) is 0 Å².